The summed E-state index contributed by atoms with van der Waals surface area (Å²) < 4.78 is 21.4. The number of fused-ring (bicyclic) bond motifs is 2. The second-order valence-corrected chi connectivity index (χ2v) is 9.91. The van der Waals surface area contributed by atoms with Crippen molar-refractivity contribution < 1.29 is 28.5 Å². The van der Waals surface area contributed by atoms with Gasteiger partial charge in [-0.2, -0.15) is 0 Å². The van der Waals surface area contributed by atoms with Gasteiger partial charge in [0.05, 0.1) is 7.11 Å². The first kappa shape index (κ1) is 28.0. The van der Waals surface area contributed by atoms with Crippen LogP contribution in [0, 0.1) is 0 Å². The molecular weight excluding hydrogens is 522 g/mol. The Labute approximate surface area is 239 Å². The van der Waals surface area contributed by atoms with E-state index in [4.69, 9.17) is 18.9 Å². The van der Waals surface area contributed by atoms with E-state index in [0.717, 1.165) is 27.8 Å². The number of carbonyl (C=O) groups is 2. The van der Waals surface area contributed by atoms with E-state index in [-0.39, 0.29) is 25.2 Å². The molecule has 2 heterocycles. The van der Waals surface area contributed by atoms with E-state index in [2.05, 4.69) is 11.1 Å². The van der Waals surface area contributed by atoms with Crippen molar-refractivity contribution in [2.45, 2.75) is 19.4 Å². The quantitative estimate of drug-likeness (QED) is 0.241. The number of aromatic nitrogens is 1. The number of hydrogen-bond donors (Lipinski definition) is 1. The number of nitrogens with one attached hydrogen (secondary N) is 1. The van der Waals surface area contributed by atoms with Crippen molar-refractivity contribution in [1.82, 2.24) is 14.8 Å². The standard InChI is InChI=1S/C32H35N3O6/c1-38-17-5-15-35(32(37)24-10-13-29-30(18-24)41-22-40-29)21-31(36)34(20-23-8-11-26(39-2)12-9-23)16-14-25-19-33-28-7-4-3-6-27(25)28/h3-4,6-13,18-19,33H,5,14-17,20-22H2,1-2H3. The summed E-state index contributed by atoms with van der Waals surface area (Å²) in [5, 5.41) is 1.14. The average Bonchev–Trinajstić information content (AvgIpc) is 3.65. The molecule has 1 aliphatic heterocycles. The fraction of sp³-hybridized carbons (Fsp3) is 0.312. The van der Waals surface area contributed by atoms with Crippen LogP contribution in [0.2, 0.25) is 0 Å². The highest BCUT2D eigenvalue weighted by Crippen LogP contribution is 2.33. The summed E-state index contributed by atoms with van der Waals surface area (Å²) in [4.78, 5) is 34.2. The second-order valence-electron chi connectivity index (χ2n) is 9.91. The van der Waals surface area contributed by atoms with Gasteiger partial charge < -0.3 is 33.7 Å². The van der Waals surface area contributed by atoms with E-state index in [1.807, 2.05) is 53.6 Å². The van der Waals surface area contributed by atoms with Crippen LogP contribution in [0.3, 0.4) is 0 Å². The molecule has 3 aromatic carbocycles. The van der Waals surface area contributed by atoms with Gasteiger partial charge in [0.2, 0.25) is 12.7 Å². The van der Waals surface area contributed by atoms with Gasteiger partial charge in [-0.25, -0.2) is 0 Å². The highest BCUT2D eigenvalue weighted by atomic mass is 16.7. The van der Waals surface area contributed by atoms with Crippen molar-refractivity contribution in [3.05, 3.63) is 89.6 Å². The maximum Gasteiger partial charge on any atom is 0.254 e. The number of benzene rings is 3. The summed E-state index contributed by atoms with van der Waals surface area (Å²) in [7, 11) is 3.25. The SMILES string of the molecule is COCCCN(CC(=O)N(CCc1c[nH]c2ccccc12)Cc1ccc(OC)cc1)C(=O)c1ccc2c(c1)OCO2. The predicted molar refractivity (Wildman–Crippen MR) is 155 cm³/mol. The van der Waals surface area contributed by atoms with Gasteiger partial charge in [0.1, 0.15) is 12.3 Å². The Hall–Kier alpha value is -4.50. The number of rotatable bonds is 13. The second kappa shape index (κ2) is 13.2. The average molecular weight is 558 g/mol. The van der Waals surface area contributed by atoms with Crippen LogP contribution < -0.4 is 14.2 Å². The third kappa shape index (κ3) is 6.81. The first-order valence-electron chi connectivity index (χ1n) is 13.7. The fourth-order valence-corrected chi connectivity index (χ4v) is 4.96. The lowest BCUT2D eigenvalue weighted by Gasteiger charge is -2.28. The van der Waals surface area contributed by atoms with E-state index in [1.165, 1.54) is 0 Å². The molecule has 0 spiro atoms. The highest BCUT2D eigenvalue weighted by Gasteiger charge is 2.25. The van der Waals surface area contributed by atoms with Gasteiger partial charge in [-0.3, -0.25) is 9.59 Å². The summed E-state index contributed by atoms with van der Waals surface area (Å²) in [6, 6.07) is 20.9. The van der Waals surface area contributed by atoms with Crippen molar-refractivity contribution in [1.29, 1.82) is 0 Å². The molecule has 2 amide bonds. The van der Waals surface area contributed by atoms with E-state index in [1.54, 1.807) is 37.3 Å². The first-order chi connectivity index (χ1) is 20.1. The summed E-state index contributed by atoms with van der Waals surface area (Å²) in [6.07, 6.45) is 3.28. The van der Waals surface area contributed by atoms with E-state index in [0.29, 0.717) is 56.1 Å². The Balaban J connectivity index is 1.35. The first-order valence-corrected chi connectivity index (χ1v) is 13.7. The zero-order chi connectivity index (χ0) is 28.6. The Morgan fingerprint density at radius 3 is 2.54 bits per heavy atom. The molecule has 1 N–H and O–H groups in total. The topological polar surface area (TPSA) is 93.3 Å². The fourth-order valence-electron chi connectivity index (χ4n) is 4.96. The van der Waals surface area contributed by atoms with E-state index < -0.39 is 0 Å². The monoisotopic (exact) mass is 557 g/mol. The Bertz CT molecular complexity index is 1480. The molecule has 1 aliphatic rings. The van der Waals surface area contributed by atoms with Crippen molar-refractivity contribution in [3.8, 4) is 17.2 Å². The van der Waals surface area contributed by atoms with Gasteiger partial charge in [0.25, 0.3) is 5.91 Å². The van der Waals surface area contributed by atoms with Crippen LogP contribution >= 0.6 is 0 Å². The van der Waals surface area contributed by atoms with E-state index in [9.17, 15) is 9.59 Å². The summed E-state index contributed by atoms with van der Waals surface area (Å²) in [5.74, 6) is 1.51. The number of amides is 2. The molecule has 0 atom stereocenters. The van der Waals surface area contributed by atoms with Crippen LogP contribution in [0.5, 0.6) is 17.2 Å². The zero-order valence-corrected chi connectivity index (χ0v) is 23.4. The molecule has 1 aromatic heterocycles. The molecule has 0 bridgehead atoms. The Morgan fingerprint density at radius 1 is 0.927 bits per heavy atom. The summed E-state index contributed by atoms with van der Waals surface area (Å²) >= 11 is 0. The van der Waals surface area contributed by atoms with Crippen LogP contribution in [-0.4, -0.2) is 73.9 Å². The maximum absolute atomic E-state index is 13.9. The zero-order valence-electron chi connectivity index (χ0n) is 23.4. The Morgan fingerprint density at radius 2 is 1.73 bits per heavy atom. The minimum Gasteiger partial charge on any atom is -0.497 e. The van der Waals surface area contributed by atoms with Gasteiger partial charge in [-0.15, -0.1) is 0 Å². The number of aromatic amines is 1. The van der Waals surface area contributed by atoms with Crippen LogP contribution in [-0.2, 0) is 22.5 Å². The molecule has 0 fully saturated rings. The summed E-state index contributed by atoms with van der Waals surface area (Å²) in [5.41, 5.74) is 3.63. The highest BCUT2D eigenvalue weighted by molar-refractivity contribution is 5.97. The maximum atomic E-state index is 13.9. The molecule has 0 unspecified atom stereocenters. The smallest absolute Gasteiger partial charge is 0.254 e. The number of hydrogen-bond acceptors (Lipinski definition) is 6. The molecule has 214 valence electrons. The van der Waals surface area contributed by atoms with Gasteiger partial charge in [-0.1, -0.05) is 30.3 Å². The molecular formula is C32H35N3O6. The minimum atomic E-state index is -0.242. The Kier molecular flexibility index (Phi) is 9.05. The summed E-state index contributed by atoms with van der Waals surface area (Å²) in [6.45, 7) is 1.84. The van der Waals surface area contributed by atoms with Gasteiger partial charge >= 0.3 is 0 Å². The number of carbonyl (C=O) groups excluding carboxylic acids is 2. The van der Waals surface area contributed by atoms with Gasteiger partial charge in [0, 0.05) is 56.0 Å². The molecule has 0 aliphatic carbocycles. The largest absolute Gasteiger partial charge is 0.497 e. The predicted octanol–water partition coefficient (Wildman–Crippen LogP) is 4.66. The molecule has 9 heteroatoms. The molecule has 0 saturated heterocycles. The minimum absolute atomic E-state index is 0.0545. The van der Waals surface area contributed by atoms with Crippen molar-refractivity contribution in [2.24, 2.45) is 0 Å². The van der Waals surface area contributed by atoms with Gasteiger partial charge in [-0.05, 0) is 60.4 Å². The van der Waals surface area contributed by atoms with Gasteiger partial charge in [0.15, 0.2) is 11.5 Å². The number of para-hydroxylation sites is 1. The number of ether oxygens (including phenoxy) is 4. The molecule has 9 nitrogen and oxygen atoms in total. The van der Waals surface area contributed by atoms with E-state index >= 15 is 0 Å². The molecule has 4 aromatic rings. The number of nitrogens with zero attached hydrogens (tertiary/aromatic N) is 2. The van der Waals surface area contributed by atoms with Crippen LogP contribution in [0.1, 0.15) is 27.9 Å². The van der Waals surface area contributed by atoms with Crippen molar-refractivity contribution in [3.63, 3.8) is 0 Å². The number of methoxy groups -OCH3 is 2. The normalized spacial score (nSPS) is 12.0. The molecule has 5 rings (SSSR count). The third-order valence-electron chi connectivity index (χ3n) is 7.22. The molecule has 0 saturated carbocycles. The van der Waals surface area contributed by atoms with Crippen molar-refractivity contribution >= 4 is 22.7 Å². The lowest BCUT2D eigenvalue weighted by Crippen LogP contribution is -2.44. The lowest BCUT2D eigenvalue weighted by atomic mass is 10.1. The lowest BCUT2D eigenvalue weighted by molar-refractivity contribution is -0.132. The van der Waals surface area contributed by atoms with Crippen molar-refractivity contribution in [2.75, 3.05) is 47.3 Å². The molecule has 41 heavy (non-hydrogen) atoms. The van der Waals surface area contributed by atoms with Crippen LogP contribution in [0.4, 0.5) is 0 Å². The van der Waals surface area contributed by atoms with Crippen LogP contribution in [0.25, 0.3) is 10.9 Å². The number of H-pyrrole nitrogens is 1. The van der Waals surface area contributed by atoms with Crippen LogP contribution in [0.15, 0.2) is 72.9 Å². The third-order valence-corrected chi connectivity index (χ3v) is 7.22. The molecule has 0 radical (unpaired) electrons.